The zero-order chi connectivity index (χ0) is 12.1. The summed E-state index contributed by atoms with van der Waals surface area (Å²) in [5, 5.41) is 8.57. The van der Waals surface area contributed by atoms with E-state index in [4.69, 9.17) is 27.2 Å². The number of halogens is 1. The van der Waals surface area contributed by atoms with E-state index < -0.39 is 23.0 Å². The van der Waals surface area contributed by atoms with Crippen molar-refractivity contribution < 1.29 is 19.4 Å². The summed E-state index contributed by atoms with van der Waals surface area (Å²) in [6.07, 6.45) is 0. The number of ether oxygens (including phenoxy) is 1. The van der Waals surface area contributed by atoms with Crippen LogP contribution in [0.5, 0.6) is 0 Å². The van der Waals surface area contributed by atoms with Crippen LogP contribution in [-0.4, -0.2) is 45.8 Å². The summed E-state index contributed by atoms with van der Waals surface area (Å²) >= 11 is 7.06. The fraction of sp³-hybridized carbons (Fsp3) is 0.500. The number of β-lactam (4-membered cyclic amide) rings is 1. The highest BCUT2D eigenvalue weighted by Gasteiger charge is 2.63. The van der Waals surface area contributed by atoms with E-state index in [1.165, 1.54) is 18.9 Å². The topological polar surface area (TPSA) is 92.9 Å². The van der Waals surface area contributed by atoms with E-state index in [1.807, 2.05) is 0 Å². The molecule has 0 radical (unpaired) electrons. The van der Waals surface area contributed by atoms with Gasteiger partial charge in [0.1, 0.15) is 11.1 Å². The average molecular weight is 265 g/mol. The van der Waals surface area contributed by atoms with Crippen molar-refractivity contribution in [3.05, 3.63) is 10.7 Å². The molecule has 2 aliphatic rings. The summed E-state index contributed by atoms with van der Waals surface area (Å²) in [5.74, 6) is -1.51. The monoisotopic (exact) mass is 264 g/mol. The largest absolute Gasteiger partial charge is 0.477 e. The predicted molar refractivity (Wildman–Crippen MR) is 57.5 cm³/mol. The molecule has 16 heavy (non-hydrogen) atoms. The SMILES string of the molecule is COC1(N)C(=O)N2C(C(=O)O)=C(Cl)CS[C@H]21. The average Bonchev–Trinajstić information content (AvgIpc) is 2.26. The van der Waals surface area contributed by atoms with Gasteiger partial charge in [0.25, 0.3) is 5.91 Å². The second-order valence-electron chi connectivity index (χ2n) is 3.39. The van der Waals surface area contributed by atoms with Gasteiger partial charge in [0.05, 0.1) is 5.03 Å². The molecule has 0 aromatic carbocycles. The Kier molecular flexibility index (Phi) is 2.66. The Hall–Kier alpha value is -0.760. The third-order valence-corrected chi connectivity index (χ3v) is 4.36. The lowest BCUT2D eigenvalue weighted by atomic mass is 10.0. The Morgan fingerprint density at radius 2 is 2.44 bits per heavy atom. The molecule has 1 fully saturated rings. The fourth-order valence-electron chi connectivity index (χ4n) is 1.70. The lowest BCUT2D eigenvalue weighted by Crippen LogP contribution is -2.78. The Labute approximate surface area is 100 Å². The number of rotatable bonds is 2. The van der Waals surface area contributed by atoms with Crippen molar-refractivity contribution in [3.63, 3.8) is 0 Å². The molecule has 0 aromatic heterocycles. The first-order valence-electron chi connectivity index (χ1n) is 4.34. The van der Waals surface area contributed by atoms with Gasteiger partial charge in [-0.15, -0.1) is 11.8 Å². The molecule has 2 aliphatic heterocycles. The van der Waals surface area contributed by atoms with Crippen molar-refractivity contribution in [1.82, 2.24) is 4.90 Å². The molecular weight excluding hydrogens is 256 g/mol. The van der Waals surface area contributed by atoms with Crippen LogP contribution >= 0.6 is 23.4 Å². The molecule has 2 atom stereocenters. The lowest BCUT2D eigenvalue weighted by Gasteiger charge is -2.53. The van der Waals surface area contributed by atoms with Crippen LogP contribution in [0.1, 0.15) is 0 Å². The smallest absolute Gasteiger partial charge is 0.353 e. The number of nitrogens with zero attached hydrogens (tertiary/aromatic N) is 1. The van der Waals surface area contributed by atoms with Crippen LogP contribution in [0.15, 0.2) is 10.7 Å². The minimum absolute atomic E-state index is 0.139. The van der Waals surface area contributed by atoms with Crippen molar-refractivity contribution in [2.45, 2.75) is 11.1 Å². The molecule has 0 bridgehead atoms. The quantitative estimate of drug-likeness (QED) is 0.527. The van der Waals surface area contributed by atoms with E-state index in [0.717, 1.165) is 4.90 Å². The van der Waals surface area contributed by atoms with Gasteiger partial charge < -0.3 is 9.84 Å². The Balaban J connectivity index is 2.39. The number of amides is 1. The van der Waals surface area contributed by atoms with Crippen molar-refractivity contribution in [2.24, 2.45) is 5.73 Å². The zero-order valence-electron chi connectivity index (χ0n) is 8.27. The second kappa shape index (κ2) is 3.63. The maximum atomic E-state index is 11.7. The van der Waals surface area contributed by atoms with Crippen LogP contribution in [-0.2, 0) is 14.3 Å². The molecule has 0 saturated carbocycles. The van der Waals surface area contributed by atoms with Crippen LogP contribution in [0.2, 0.25) is 0 Å². The minimum Gasteiger partial charge on any atom is -0.477 e. The number of aliphatic carboxylic acids is 1. The summed E-state index contributed by atoms with van der Waals surface area (Å²) in [7, 11) is 1.32. The predicted octanol–water partition coefficient (Wildman–Crippen LogP) is -0.262. The number of methoxy groups -OCH3 is 1. The highest BCUT2D eigenvalue weighted by molar-refractivity contribution is 8.00. The van der Waals surface area contributed by atoms with Crippen molar-refractivity contribution in [3.8, 4) is 0 Å². The van der Waals surface area contributed by atoms with Gasteiger partial charge >= 0.3 is 5.97 Å². The fourth-order valence-corrected chi connectivity index (χ4v) is 3.30. The zero-order valence-corrected chi connectivity index (χ0v) is 9.84. The third kappa shape index (κ3) is 1.29. The number of carbonyl (C=O) groups excluding carboxylic acids is 1. The normalized spacial score (nSPS) is 33.6. The van der Waals surface area contributed by atoms with Crippen LogP contribution < -0.4 is 5.73 Å². The van der Waals surface area contributed by atoms with Crippen LogP contribution in [0.3, 0.4) is 0 Å². The summed E-state index contributed by atoms with van der Waals surface area (Å²) < 4.78 is 4.93. The highest BCUT2D eigenvalue weighted by atomic mass is 35.5. The van der Waals surface area contributed by atoms with Gasteiger partial charge in [-0.3, -0.25) is 15.4 Å². The number of fused-ring (bicyclic) bond motifs is 1. The molecule has 1 saturated heterocycles. The van der Waals surface area contributed by atoms with Crippen molar-refractivity contribution in [2.75, 3.05) is 12.9 Å². The number of hydrogen-bond acceptors (Lipinski definition) is 5. The molecule has 0 spiro atoms. The van der Waals surface area contributed by atoms with Crippen LogP contribution in [0.25, 0.3) is 0 Å². The molecule has 1 amide bonds. The molecule has 6 nitrogen and oxygen atoms in total. The van der Waals surface area contributed by atoms with Crippen molar-refractivity contribution >= 4 is 35.2 Å². The standard InChI is InChI=1S/C8H9ClN2O4S/c1-15-8(10)6(14)11-4(5(12)13)3(9)2-16-7(8)11/h7H,2,10H2,1H3,(H,12,13)/t7-,8?/m0/s1. The summed E-state index contributed by atoms with van der Waals surface area (Å²) in [6, 6.07) is 0. The molecule has 0 aromatic rings. The summed E-state index contributed by atoms with van der Waals surface area (Å²) in [5.41, 5.74) is 4.07. The Bertz CT molecular complexity index is 413. The van der Waals surface area contributed by atoms with Gasteiger partial charge in [0.15, 0.2) is 0 Å². The van der Waals surface area contributed by atoms with E-state index >= 15 is 0 Å². The Morgan fingerprint density at radius 1 is 1.81 bits per heavy atom. The first-order chi connectivity index (χ1) is 7.43. The minimum atomic E-state index is -1.44. The number of carboxylic acids is 1. The summed E-state index contributed by atoms with van der Waals surface area (Å²) in [4.78, 5) is 23.8. The van der Waals surface area contributed by atoms with Gasteiger partial charge in [-0.25, -0.2) is 4.79 Å². The van der Waals surface area contributed by atoms with Gasteiger partial charge in [-0.2, -0.15) is 0 Å². The van der Waals surface area contributed by atoms with Gasteiger partial charge in [-0.05, 0) is 0 Å². The van der Waals surface area contributed by atoms with Gasteiger partial charge in [0.2, 0.25) is 5.72 Å². The molecule has 0 aliphatic carbocycles. The van der Waals surface area contributed by atoms with Gasteiger partial charge in [-0.1, -0.05) is 11.6 Å². The van der Waals surface area contributed by atoms with E-state index in [0.29, 0.717) is 5.75 Å². The number of hydrogen-bond donors (Lipinski definition) is 2. The van der Waals surface area contributed by atoms with E-state index in [1.54, 1.807) is 0 Å². The van der Waals surface area contributed by atoms with Gasteiger partial charge in [0, 0.05) is 12.9 Å². The Morgan fingerprint density at radius 3 is 2.94 bits per heavy atom. The first kappa shape index (κ1) is 11.7. The van der Waals surface area contributed by atoms with E-state index in [9.17, 15) is 9.59 Å². The number of thioether (sulfide) groups is 1. The molecule has 8 heteroatoms. The van der Waals surface area contributed by atoms with Crippen LogP contribution in [0, 0.1) is 0 Å². The molecule has 1 unspecified atom stereocenters. The molecule has 2 heterocycles. The highest BCUT2D eigenvalue weighted by Crippen LogP contribution is 2.45. The molecule has 2 rings (SSSR count). The molecule has 3 N–H and O–H groups in total. The number of carbonyl (C=O) groups is 2. The maximum Gasteiger partial charge on any atom is 0.353 e. The summed E-state index contributed by atoms with van der Waals surface area (Å²) in [6.45, 7) is 0. The maximum absolute atomic E-state index is 11.7. The van der Waals surface area contributed by atoms with Crippen molar-refractivity contribution in [1.29, 1.82) is 0 Å². The first-order valence-corrected chi connectivity index (χ1v) is 5.77. The van der Waals surface area contributed by atoms with E-state index in [-0.39, 0.29) is 10.7 Å². The number of nitrogens with two attached hydrogens (primary N) is 1. The molecule has 88 valence electrons. The van der Waals surface area contributed by atoms with E-state index in [2.05, 4.69) is 0 Å². The second-order valence-corrected chi connectivity index (χ2v) is 4.92. The lowest BCUT2D eigenvalue weighted by molar-refractivity contribution is -0.182. The van der Waals surface area contributed by atoms with Crippen LogP contribution in [0.4, 0.5) is 0 Å². The third-order valence-electron chi connectivity index (χ3n) is 2.56. The number of carboxylic acid groups (broad SMARTS) is 1. The molecular formula is C8H9ClN2O4S.